The Bertz CT molecular complexity index is 914. The van der Waals surface area contributed by atoms with Crippen LogP contribution in [0.4, 0.5) is 5.69 Å². The molecule has 0 aliphatic carbocycles. The molecule has 0 aliphatic heterocycles. The number of carbonyl (C=O) groups excluding carboxylic acids is 1. The zero-order valence-corrected chi connectivity index (χ0v) is 17.7. The number of thioether (sulfide) groups is 1. The average molecular weight is 499 g/mol. The van der Waals surface area contributed by atoms with Gasteiger partial charge in [-0.15, -0.1) is 10.2 Å². The molecule has 0 saturated heterocycles. The van der Waals surface area contributed by atoms with Crippen LogP contribution in [0, 0.1) is 3.57 Å². The predicted octanol–water partition coefficient (Wildman–Crippen LogP) is 4.95. The number of hydrogen-bond acceptors (Lipinski definition) is 4. The molecule has 8 heteroatoms. The number of rotatable bonds is 6. The molecule has 26 heavy (non-hydrogen) atoms. The first-order valence-electron chi connectivity index (χ1n) is 7.94. The summed E-state index contributed by atoms with van der Waals surface area (Å²) in [5.74, 6) is 0.932. The van der Waals surface area contributed by atoms with Gasteiger partial charge < -0.3 is 9.88 Å². The van der Waals surface area contributed by atoms with Crippen molar-refractivity contribution in [2.45, 2.75) is 18.6 Å². The maximum Gasteiger partial charge on any atom is 0.234 e. The summed E-state index contributed by atoms with van der Waals surface area (Å²) in [5, 5.41) is 12.8. The van der Waals surface area contributed by atoms with E-state index >= 15 is 0 Å². The summed E-state index contributed by atoms with van der Waals surface area (Å²) in [6.07, 6.45) is 0. The number of aromatic nitrogens is 3. The van der Waals surface area contributed by atoms with Crippen LogP contribution in [0.3, 0.4) is 0 Å². The van der Waals surface area contributed by atoms with Gasteiger partial charge in [-0.3, -0.25) is 4.79 Å². The average Bonchev–Trinajstić information content (AvgIpc) is 3.05. The van der Waals surface area contributed by atoms with Crippen LogP contribution in [0.15, 0.2) is 53.7 Å². The van der Waals surface area contributed by atoms with Crippen LogP contribution < -0.4 is 5.32 Å². The fourth-order valence-corrected chi connectivity index (χ4v) is 3.73. The van der Waals surface area contributed by atoms with E-state index in [1.807, 2.05) is 60.0 Å². The van der Waals surface area contributed by atoms with Gasteiger partial charge in [-0.2, -0.15) is 0 Å². The number of benzene rings is 2. The quantitative estimate of drug-likeness (QED) is 0.386. The SMILES string of the molecule is CCn1c(SCC(=O)Nc2ccc(I)cc2)nnc1-c1cccc(Cl)c1. The van der Waals surface area contributed by atoms with E-state index in [-0.39, 0.29) is 11.7 Å². The number of hydrogen-bond donors (Lipinski definition) is 1. The molecular formula is C18H16ClIN4OS. The van der Waals surface area contributed by atoms with E-state index in [2.05, 4.69) is 38.1 Å². The van der Waals surface area contributed by atoms with E-state index in [4.69, 9.17) is 11.6 Å². The van der Waals surface area contributed by atoms with Crippen molar-refractivity contribution in [2.24, 2.45) is 0 Å². The van der Waals surface area contributed by atoms with Gasteiger partial charge in [0, 0.05) is 26.4 Å². The van der Waals surface area contributed by atoms with Crippen LogP contribution in [0.5, 0.6) is 0 Å². The molecule has 0 saturated carbocycles. The van der Waals surface area contributed by atoms with Crippen LogP contribution in [-0.4, -0.2) is 26.4 Å². The van der Waals surface area contributed by atoms with E-state index < -0.39 is 0 Å². The molecule has 0 bridgehead atoms. The molecule has 0 atom stereocenters. The van der Waals surface area contributed by atoms with Crippen LogP contribution >= 0.6 is 46.0 Å². The number of nitrogens with one attached hydrogen (secondary N) is 1. The molecule has 1 heterocycles. The van der Waals surface area contributed by atoms with Crippen LogP contribution in [-0.2, 0) is 11.3 Å². The van der Waals surface area contributed by atoms with Crippen molar-refractivity contribution in [2.75, 3.05) is 11.1 Å². The Morgan fingerprint density at radius 1 is 1.23 bits per heavy atom. The second-order valence-electron chi connectivity index (χ2n) is 5.40. The minimum atomic E-state index is -0.0776. The van der Waals surface area contributed by atoms with Crippen molar-refractivity contribution in [1.82, 2.24) is 14.8 Å². The fraction of sp³-hybridized carbons (Fsp3) is 0.167. The van der Waals surface area contributed by atoms with Gasteiger partial charge in [0.1, 0.15) is 0 Å². The van der Waals surface area contributed by atoms with Crippen molar-refractivity contribution >= 4 is 57.5 Å². The maximum absolute atomic E-state index is 12.2. The first kappa shape index (κ1) is 19.2. The molecule has 5 nitrogen and oxygen atoms in total. The zero-order chi connectivity index (χ0) is 18.5. The van der Waals surface area contributed by atoms with Gasteiger partial charge in [0.2, 0.25) is 5.91 Å². The molecule has 1 N–H and O–H groups in total. The maximum atomic E-state index is 12.2. The molecule has 0 radical (unpaired) electrons. The second kappa shape index (κ2) is 8.88. The summed E-state index contributed by atoms with van der Waals surface area (Å²) in [4.78, 5) is 12.2. The molecule has 0 unspecified atom stereocenters. The van der Waals surface area contributed by atoms with Gasteiger partial charge >= 0.3 is 0 Å². The van der Waals surface area contributed by atoms with E-state index in [9.17, 15) is 4.79 Å². The standard InChI is InChI=1S/C18H16ClIN4OS/c1-2-24-17(12-4-3-5-13(19)10-12)22-23-18(24)26-11-16(25)21-15-8-6-14(20)7-9-15/h3-10H,2,11H2,1H3,(H,21,25). The normalized spacial score (nSPS) is 10.7. The summed E-state index contributed by atoms with van der Waals surface area (Å²) in [7, 11) is 0. The molecule has 3 rings (SSSR count). The fourth-order valence-electron chi connectivity index (χ4n) is 2.38. The van der Waals surface area contributed by atoms with Crippen molar-refractivity contribution in [3.8, 4) is 11.4 Å². The van der Waals surface area contributed by atoms with Gasteiger partial charge in [-0.25, -0.2) is 0 Å². The van der Waals surface area contributed by atoms with Crippen molar-refractivity contribution in [3.05, 3.63) is 57.1 Å². The van der Waals surface area contributed by atoms with E-state index in [1.165, 1.54) is 11.8 Å². The summed E-state index contributed by atoms with van der Waals surface area (Å²) < 4.78 is 3.11. The molecule has 0 aliphatic rings. The Kier molecular flexibility index (Phi) is 6.55. The second-order valence-corrected chi connectivity index (χ2v) is 8.03. The molecule has 1 amide bonds. The lowest BCUT2D eigenvalue weighted by molar-refractivity contribution is -0.113. The number of amides is 1. The number of anilines is 1. The van der Waals surface area contributed by atoms with Gasteiger partial charge in [0.25, 0.3) is 0 Å². The summed E-state index contributed by atoms with van der Waals surface area (Å²) in [5.41, 5.74) is 1.69. The van der Waals surface area contributed by atoms with Gasteiger partial charge in [0.05, 0.1) is 5.75 Å². The van der Waals surface area contributed by atoms with Crippen LogP contribution in [0.1, 0.15) is 6.92 Å². The molecule has 1 aromatic heterocycles. The molecular weight excluding hydrogens is 483 g/mol. The minimum absolute atomic E-state index is 0.0776. The van der Waals surface area contributed by atoms with Crippen LogP contribution in [0.2, 0.25) is 5.02 Å². The Hall–Kier alpha value is -1.58. The summed E-state index contributed by atoms with van der Waals surface area (Å²) in [6, 6.07) is 15.2. The lowest BCUT2D eigenvalue weighted by Gasteiger charge is -2.08. The first-order chi connectivity index (χ1) is 12.6. The molecule has 3 aromatic rings. The van der Waals surface area contributed by atoms with Crippen molar-refractivity contribution < 1.29 is 4.79 Å². The van der Waals surface area contributed by atoms with Crippen molar-refractivity contribution in [3.63, 3.8) is 0 Å². The Balaban J connectivity index is 1.68. The highest BCUT2D eigenvalue weighted by Crippen LogP contribution is 2.26. The smallest absolute Gasteiger partial charge is 0.234 e. The highest BCUT2D eigenvalue weighted by Gasteiger charge is 2.15. The lowest BCUT2D eigenvalue weighted by atomic mass is 10.2. The number of halogens is 2. The van der Waals surface area contributed by atoms with Crippen LogP contribution in [0.25, 0.3) is 11.4 Å². The highest BCUT2D eigenvalue weighted by atomic mass is 127. The third-order valence-electron chi connectivity index (χ3n) is 3.58. The third kappa shape index (κ3) is 4.77. The monoisotopic (exact) mass is 498 g/mol. The molecule has 0 fully saturated rings. The molecule has 134 valence electrons. The first-order valence-corrected chi connectivity index (χ1v) is 10.4. The Morgan fingerprint density at radius 3 is 2.69 bits per heavy atom. The molecule has 0 spiro atoms. The number of nitrogens with zero attached hydrogens (tertiary/aromatic N) is 3. The van der Waals surface area contributed by atoms with Gasteiger partial charge in [-0.05, 0) is 65.9 Å². The van der Waals surface area contributed by atoms with Gasteiger partial charge in [-0.1, -0.05) is 35.5 Å². The predicted molar refractivity (Wildman–Crippen MR) is 115 cm³/mol. The van der Waals surface area contributed by atoms with E-state index in [0.29, 0.717) is 16.7 Å². The largest absolute Gasteiger partial charge is 0.325 e. The molecule has 2 aromatic carbocycles. The topological polar surface area (TPSA) is 59.8 Å². The van der Waals surface area contributed by atoms with Crippen molar-refractivity contribution in [1.29, 1.82) is 0 Å². The Labute approximate surface area is 174 Å². The summed E-state index contributed by atoms with van der Waals surface area (Å²) in [6.45, 7) is 2.73. The minimum Gasteiger partial charge on any atom is -0.325 e. The third-order valence-corrected chi connectivity index (χ3v) is 5.50. The highest BCUT2D eigenvalue weighted by molar-refractivity contribution is 14.1. The Morgan fingerprint density at radius 2 is 2.00 bits per heavy atom. The van der Waals surface area contributed by atoms with Gasteiger partial charge in [0.15, 0.2) is 11.0 Å². The summed E-state index contributed by atoms with van der Waals surface area (Å²) >= 11 is 9.66. The lowest BCUT2D eigenvalue weighted by Crippen LogP contribution is -2.14. The van der Waals surface area contributed by atoms with E-state index in [0.717, 1.165) is 20.6 Å². The van der Waals surface area contributed by atoms with E-state index in [1.54, 1.807) is 0 Å². The number of carbonyl (C=O) groups is 1. The zero-order valence-electron chi connectivity index (χ0n) is 13.9.